The van der Waals surface area contributed by atoms with Gasteiger partial charge in [-0.3, -0.25) is 0 Å². The number of benzene rings is 1. The van der Waals surface area contributed by atoms with Crippen LogP contribution in [-0.4, -0.2) is 9.67 Å². The molecule has 0 radical (unpaired) electrons. The van der Waals surface area contributed by atoms with E-state index in [-0.39, 0.29) is 6.61 Å². The molecule has 2 aromatic rings. The van der Waals surface area contributed by atoms with E-state index in [4.69, 9.17) is 0 Å². The third kappa shape index (κ3) is 2.27. The lowest BCUT2D eigenvalue weighted by Crippen LogP contribution is -2.42. The third-order valence-corrected chi connectivity index (χ3v) is 7.97. The quantitative estimate of drug-likeness (QED) is 0.741. The molecule has 0 aliphatic heterocycles. The van der Waals surface area contributed by atoms with Crippen LogP contribution in [0, 0.1) is 23.7 Å². The van der Waals surface area contributed by atoms with Crippen LogP contribution in [-0.2, 0) is 13.0 Å². The molecule has 4 bridgehead atoms. The van der Waals surface area contributed by atoms with Crippen molar-refractivity contribution in [2.24, 2.45) is 23.7 Å². The fourth-order valence-corrected chi connectivity index (χ4v) is 7.16. The number of fused-ring (bicyclic) bond motifs is 4. The first kappa shape index (κ1) is 16.9. The van der Waals surface area contributed by atoms with E-state index in [9.17, 15) is 5.11 Å². The highest BCUT2D eigenvalue weighted by molar-refractivity contribution is 5.87. The maximum atomic E-state index is 9.67. The van der Waals surface area contributed by atoms with Crippen LogP contribution in [0.25, 0.3) is 10.9 Å². The van der Waals surface area contributed by atoms with Crippen molar-refractivity contribution in [2.75, 3.05) is 0 Å². The Balaban J connectivity index is 1.75. The summed E-state index contributed by atoms with van der Waals surface area (Å²) >= 11 is 0. The molecule has 3 saturated carbocycles. The SMILES string of the molecule is CCC1CC2C[C@@H]3CCc4c(n(C(C)C)c5ccc(CO)cc45)[C@H](C2)C13. The van der Waals surface area contributed by atoms with Gasteiger partial charge in [0, 0.05) is 28.6 Å². The minimum absolute atomic E-state index is 0.145. The molecule has 0 saturated heterocycles. The number of hydrogen-bond donors (Lipinski definition) is 1. The normalized spacial score (nSPS) is 32.9. The Labute approximate surface area is 157 Å². The highest BCUT2D eigenvalue weighted by atomic mass is 16.3. The number of aliphatic hydroxyl groups excluding tert-OH is 1. The fourth-order valence-electron chi connectivity index (χ4n) is 7.16. The molecule has 2 nitrogen and oxygen atoms in total. The minimum atomic E-state index is 0.145. The first-order valence-electron chi connectivity index (χ1n) is 10.9. The maximum absolute atomic E-state index is 9.67. The van der Waals surface area contributed by atoms with Crippen molar-refractivity contribution in [3.8, 4) is 0 Å². The minimum Gasteiger partial charge on any atom is -0.392 e. The number of aliphatic hydroxyl groups is 1. The number of aryl methyl sites for hydroxylation is 1. The van der Waals surface area contributed by atoms with Crippen molar-refractivity contribution >= 4 is 10.9 Å². The van der Waals surface area contributed by atoms with Crippen LogP contribution in [0.4, 0.5) is 0 Å². The molecule has 140 valence electrons. The Hall–Kier alpha value is -1.28. The van der Waals surface area contributed by atoms with Gasteiger partial charge in [0.05, 0.1) is 6.61 Å². The summed E-state index contributed by atoms with van der Waals surface area (Å²) in [5.74, 6) is 4.52. The standard InChI is InChI=1S/C24H33NO/c1-4-17-9-16-10-18-6-7-19-20-11-15(13-26)5-8-22(20)25(14(2)3)24(19)21(12-16)23(17)18/h5,8,11,14,16-18,21,23,26H,4,6-7,9-10,12-13H2,1-3H3/t16?,17?,18-,21+,23?/m0/s1. The second-order valence-electron chi connectivity index (χ2n) is 9.56. The molecule has 4 aliphatic rings. The van der Waals surface area contributed by atoms with Crippen molar-refractivity contribution < 1.29 is 5.11 Å². The lowest BCUT2D eigenvalue weighted by molar-refractivity contribution is 0.0106. The number of rotatable bonds is 3. The number of aromatic nitrogens is 1. The zero-order valence-corrected chi connectivity index (χ0v) is 16.5. The average molecular weight is 352 g/mol. The van der Waals surface area contributed by atoms with Crippen LogP contribution in [0.1, 0.15) is 81.7 Å². The van der Waals surface area contributed by atoms with Crippen molar-refractivity contribution in [3.05, 3.63) is 35.0 Å². The van der Waals surface area contributed by atoms with Crippen LogP contribution in [0.2, 0.25) is 0 Å². The van der Waals surface area contributed by atoms with E-state index in [1.165, 1.54) is 49.4 Å². The fraction of sp³-hybridized carbons (Fsp3) is 0.667. The van der Waals surface area contributed by atoms with Gasteiger partial charge in [0.15, 0.2) is 0 Å². The molecule has 1 heterocycles. The van der Waals surface area contributed by atoms with Gasteiger partial charge in [0.25, 0.3) is 0 Å². The zero-order valence-electron chi connectivity index (χ0n) is 16.5. The molecule has 4 aliphatic carbocycles. The Kier molecular flexibility index (Phi) is 3.97. The van der Waals surface area contributed by atoms with Gasteiger partial charge in [-0.05, 0) is 92.9 Å². The molecule has 26 heavy (non-hydrogen) atoms. The second kappa shape index (κ2) is 6.12. The molecular weight excluding hydrogens is 318 g/mol. The topological polar surface area (TPSA) is 25.2 Å². The van der Waals surface area contributed by atoms with Gasteiger partial charge >= 0.3 is 0 Å². The predicted molar refractivity (Wildman–Crippen MR) is 107 cm³/mol. The van der Waals surface area contributed by atoms with Crippen LogP contribution >= 0.6 is 0 Å². The van der Waals surface area contributed by atoms with Gasteiger partial charge in [-0.1, -0.05) is 19.4 Å². The molecule has 1 aromatic heterocycles. The molecule has 3 unspecified atom stereocenters. The van der Waals surface area contributed by atoms with Crippen LogP contribution in [0.15, 0.2) is 18.2 Å². The lowest BCUT2D eigenvalue weighted by atomic mass is 9.54. The highest BCUT2D eigenvalue weighted by Crippen LogP contribution is 2.60. The number of hydrogen-bond acceptors (Lipinski definition) is 1. The maximum Gasteiger partial charge on any atom is 0.0682 e. The monoisotopic (exact) mass is 351 g/mol. The second-order valence-corrected chi connectivity index (χ2v) is 9.56. The molecule has 3 fully saturated rings. The smallest absolute Gasteiger partial charge is 0.0682 e. The van der Waals surface area contributed by atoms with Gasteiger partial charge in [-0.15, -0.1) is 0 Å². The highest BCUT2D eigenvalue weighted by Gasteiger charge is 2.50. The van der Waals surface area contributed by atoms with Crippen molar-refractivity contribution in [1.82, 2.24) is 4.57 Å². The Morgan fingerprint density at radius 1 is 1.19 bits per heavy atom. The third-order valence-electron chi connectivity index (χ3n) is 7.97. The summed E-state index contributed by atoms with van der Waals surface area (Å²) in [6, 6.07) is 7.16. The van der Waals surface area contributed by atoms with Crippen LogP contribution < -0.4 is 0 Å². The average Bonchev–Trinajstić information content (AvgIpc) is 2.93. The van der Waals surface area contributed by atoms with E-state index in [2.05, 4.69) is 43.5 Å². The van der Waals surface area contributed by atoms with Crippen molar-refractivity contribution in [1.29, 1.82) is 0 Å². The molecule has 1 N–H and O–H groups in total. The van der Waals surface area contributed by atoms with E-state index >= 15 is 0 Å². The predicted octanol–water partition coefficient (Wildman–Crippen LogP) is 5.82. The Bertz CT molecular complexity index is 832. The van der Waals surface area contributed by atoms with E-state index in [0.717, 1.165) is 35.2 Å². The summed E-state index contributed by atoms with van der Waals surface area (Å²) in [5, 5.41) is 11.1. The molecule has 0 amide bonds. The summed E-state index contributed by atoms with van der Waals surface area (Å²) in [5.41, 5.74) is 5.76. The summed E-state index contributed by atoms with van der Waals surface area (Å²) in [7, 11) is 0. The van der Waals surface area contributed by atoms with Gasteiger partial charge in [-0.2, -0.15) is 0 Å². The van der Waals surface area contributed by atoms with Crippen molar-refractivity contribution in [2.45, 2.75) is 77.9 Å². The van der Waals surface area contributed by atoms with E-state index < -0.39 is 0 Å². The van der Waals surface area contributed by atoms with Gasteiger partial charge in [0.1, 0.15) is 0 Å². The zero-order chi connectivity index (χ0) is 18.0. The van der Waals surface area contributed by atoms with E-state index in [1.807, 2.05) is 0 Å². The Morgan fingerprint density at radius 2 is 2.04 bits per heavy atom. The summed E-state index contributed by atoms with van der Waals surface area (Å²) in [6.45, 7) is 7.26. The molecule has 2 heteroatoms. The number of nitrogens with zero attached hydrogens (tertiary/aromatic N) is 1. The Morgan fingerprint density at radius 3 is 2.77 bits per heavy atom. The first-order chi connectivity index (χ1) is 12.6. The molecule has 5 atom stereocenters. The van der Waals surface area contributed by atoms with Gasteiger partial charge in [0.2, 0.25) is 0 Å². The molecule has 6 rings (SSSR count). The van der Waals surface area contributed by atoms with E-state index in [0.29, 0.717) is 6.04 Å². The van der Waals surface area contributed by atoms with E-state index in [1.54, 1.807) is 11.3 Å². The lowest BCUT2D eigenvalue weighted by Gasteiger charge is -2.52. The van der Waals surface area contributed by atoms with Crippen LogP contribution in [0.5, 0.6) is 0 Å². The molecule has 1 aromatic carbocycles. The van der Waals surface area contributed by atoms with Crippen LogP contribution in [0.3, 0.4) is 0 Å². The molecule has 0 spiro atoms. The first-order valence-corrected chi connectivity index (χ1v) is 10.9. The van der Waals surface area contributed by atoms with Gasteiger partial charge < -0.3 is 9.67 Å². The van der Waals surface area contributed by atoms with Crippen molar-refractivity contribution in [3.63, 3.8) is 0 Å². The molecular formula is C24H33NO. The summed E-state index contributed by atoms with van der Waals surface area (Å²) in [4.78, 5) is 0. The largest absolute Gasteiger partial charge is 0.392 e. The van der Waals surface area contributed by atoms with Gasteiger partial charge in [-0.25, -0.2) is 0 Å². The summed E-state index contributed by atoms with van der Waals surface area (Å²) in [6.07, 6.45) is 8.37. The summed E-state index contributed by atoms with van der Waals surface area (Å²) < 4.78 is 2.67.